The number of hydrogen-bond donors (Lipinski definition) is 1. The van der Waals surface area contributed by atoms with E-state index in [4.69, 9.17) is 9.47 Å². The molecule has 0 radical (unpaired) electrons. The Kier molecular flexibility index (Phi) is 6.49. The third-order valence-electron chi connectivity index (χ3n) is 4.71. The summed E-state index contributed by atoms with van der Waals surface area (Å²) in [7, 11) is 1.28. The topological polar surface area (TPSA) is 84.9 Å². The summed E-state index contributed by atoms with van der Waals surface area (Å²) < 4.78 is 10.3. The van der Waals surface area contributed by atoms with Crippen LogP contribution in [0.4, 0.5) is 11.4 Å². The molecule has 1 heterocycles. The minimum absolute atomic E-state index is 0.111. The van der Waals surface area contributed by atoms with Crippen molar-refractivity contribution in [2.24, 2.45) is 5.92 Å². The van der Waals surface area contributed by atoms with Gasteiger partial charge in [-0.2, -0.15) is 0 Å². The van der Waals surface area contributed by atoms with Crippen molar-refractivity contribution in [2.45, 2.75) is 19.8 Å². The number of nitrogens with zero attached hydrogens (tertiary/aromatic N) is 1. The molecule has 1 saturated heterocycles. The number of amides is 2. The molecule has 1 unspecified atom stereocenters. The van der Waals surface area contributed by atoms with E-state index in [-0.39, 0.29) is 30.3 Å². The molecular formula is C22H24N2O5. The van der Waals surface area contributed by atoms with Gasteiger partial charge in [0.15, 0.2) is 0 Å². The van der Waals surface area contributed by atoms with Gasteiger partial charge in [0, 0.05) is 18.7 Å². The quantitative estimate of drug-likeness (QED) is 0.726. The lowest BCUT2D eigenvalue weighted by molar-refractivity contribution is -0.122. The Hall–Kier alpha value is -3.35. The van der Waals surface area contributed by atoms with Crippen LogP contribution in [0.3, 0.4) is 0 Å². The molecule has 2 aromatic rings. The SMILES string of the molecule is CCCOc1ccc(N2CC(C(=O)Nc3ccccc3C(=O)OC)CC2=O)cc1. The summed E-state index contributed by atoms with van der Waals surface area (Å²) in [6.45, 7) is 2.95. The van der Waals surface area contributed by atoms with E-state index >= 15 is 0 Å². The normalized spacial score (nSPS) is 15.9. The molecule has 7 nitrogen and oxygen atoms in total. The van der Waals surface area contributed by atoms with Crippen molar-refractivity contribution in [3.05, 3.63) is 54.1 Å². The van der Waals surface area contributed by atoms with Crippen LogP contribution in [0.2, 0.25) is 0 Å². The predicted molar refractivity (Wildman–Crippen MR) is 109 cm³/mol. The van der Waals surface area contributed by atoms with Gasteiger partial charge in [-0.3, -0.25) is 9.59 Å². The van der Waals surface area contributed by atoms with E-state index in [1.807, 2.05) is 31.2 Å². The van der Waals surface area contributed by atoms with E-state index in [2.05, 4.69) is 5.32 Å². The zero-order valence-electron chi connectivity index (χ0n) is 16.5. The first-order chi connectivity index (χ1) is 14.0. The van der Waals surface area contributed by atoms with Gasteiger partial charge in [0.25, 0.3) is 0 Å². The maximum Gasteiger partial charge on any atom is 0.339 e. The Morgan fingerprint density at radius 3 is 2.55 bits per heavy atom. The molecule has 0 aromatic heterocycles. The lowest BCUT2D eigenvalue weighted by Gasteiger charge is -2.17. The van der Waals surface area contributed by atoms with E-state index in [0.29, 0.717) is 12.3 Å². The van der Waals surface area contributed by atoms with Crippen LogP contribution in [0, 0.1) is 5.92 Å². The van der Waals surface area contributed by atoms with Gasteiger partial charge in [0.1, 0.15) is 5.75 Å². The monoisotopic (exact) mass is 396 g/mol. The molecule has 1 atom stereocenters. The first-order valence-corrected chi connectivity index (χ1v) is 9.55. The summed E-state index contributed by atoms with van der Waals surface area (Å²) >= 11 is 0. The van der Waals surface area contributed by atoms with Crippen LogP contribution in [0.5, 0.6) is 5.75 Å². The Morgan fingerprint density at radius 1 is 1.14 bits per heavy atom. The molecule has 1 aliphatic rings. The Bertz CT molecular complexity index is 894. The number of carbonyl (C=O) groups excluding carboxylic acids is 3. The summed E-state index contributed by atoms with van der Waals surface area (Å²) in [6.07, 6.45) is 1.03. The van der Waals surface area contributed by atoms with E-state index in [0.717, 1.165) is 17.9 Å². The molecule has 1 aliphatic heterocycles. The zero-order valence-corrected chi connectivity index (χ0v) is 16.5. The summed E-state index contributed by atoms with van der Waals surface area (Å²) in [4.78, 5) is 38.6. The lowest BCUT2D eigenvalue weighted by Crippen LogP contribution is -2.28. The van der Waals surface area contributed by atoms with Gasteiger partial charge in [-0.05, 0) is 42.8 Å². The maximum absolute atomic E-state index is 12.7. The third-order valence-corrected chi connectivity index (χ3v) is 4.71. The minimum atomic E-state index is -0.532. The van der Waals surface area contributed by atoms with Crippen LogP contribution >= 0.6 is 0 Å². The summed E-state index contributed by atoms with van der Waals surface area (Å²) in [5.74, 6) is -0.718. The molecule has 1 N–H and O–H groups in total. The molecule has 2 aromatic carbocycles. The van der Waals surface area contributed by atoms with Crippen molar-refractivity contribution in [1.29, 1.82) is 0 Å². The number of rotatable bonds is 7. The Balaban J connectivity index is 1.67. The number of anilines is 2. The number of para-hydroxylation sites is 1. The largest absolute Gasteiger partial charge is 0.494 e. The summed E-state index contributed by atoms with van der Waals surface area (Å²) in [6, 6.07) is 13.9. The molecule has 0 bridgehead atoms. The second kappa shape index (κ2) is 9.23. The number of esters is 1. The fourth-order valence-corrected chi connectivity index (χ4v) is 3.19. The van der Waals surface area contributed by atoms with Crippen LogP contribution < -0.4 is 15.0 Å². The van der Waals surface area contributed by atoms with Crippen molar-refractivity contribution >= 4 is 29.2 Å². The van der Waals surface area contributed by atoms with Gasteiger partial charge >= 0.3 is 5.97 Å². The lowest BCUT2D eigenvalue weighted by atomic mass is 10.1. The highest BCUT2D eigenvalue weighted by Crippen LogP contribution is 2.28. The van der Waals surface area contributed by atoms with Crippen LogP contribution in [-0.2, 0) is 14.3 Å². The van der Waals surface area contributed by atoms with E-state index in [1.54, 1.807) is 29.2 Å². The molecule has 0 spiro atoms. The number of ether oxygens (including phenoxy) is 2. The molecule has 0 saturated carbocycles. The van der Waals surface area contributed by atoms with Gasteiger partial charge in [-0.1, -0.05) is 19.1 Å². The number of hydrogen-bond acceptors (Lipinski definition) is 5. The highest BCUT2D eigenvalue weighted by atomic mass is 16.5. The fourth-order valence-electron chi connectivity index (χ4n) is 3.19. The van der Waals surface area contributed by atoms with Crippen molar-refractivity contribution in [3.63, 3.8) is 0 Å². The Morgan fingerprint density at radius 2 is 1.86 bits per heavy atom. The number of nitrogens with one attached hydrogen (secondary N) is 1. The summed E-state index contributed by atoms with van der Waals surface area (Å²) in [5, 5.41) is 2.75. The highest BCUT2D eigenvalue weighted by molar-refractivity contribution is 6.06. The smallest absolute Gasteiger partial charge is 0.339 e. The molecule has 152 valence electrons. The van der Waals surface area contributed by atoms with Gasteiger partial charge < -0.3 is 19.7 Å². The second-order valence-corrected chi connectivity index (χ2v) is 6.77. The number of methoxy groups -OCH3 is 1. The number of benzene rings is 2. The molecule has 1 fully saturated rings. The van der Waals surface area contributed by atoms with Gasteiger partial charge in [0.05, 0.1) is 30.9 Å². The molecule has 0 aliphatic carbocycles. The Labute approximate surface area is 169 Å². The van der Waals surface area contributed by atoms with Crippen molar-refractivity contribution < 1.29 is 23.9 Å². The average molecular weight is 396 g/mol. The standard InChI is InChI=1S/C22H24N2O5/c1-3-12-29-17-10-8-16(9-11-17)24-14-15(13-20(24)25)21(26)23-19-7-5-4-6-18(19)22(27)28-2/h4-11,15H,3,12-14H2,1-2H3,(H,23,26). The molecule has 29 heavy (non-hydrogen) atoms. The van der Waals surface area contributed by atoms with Crippen molar-refractivity contribution in [1.82, 2.24) is 0 Å². The zero-order chi connectivity index (χ0) is 20.8. The summed E-state index contributed by atoms with van der Waals surface area (Å²) in [5.41, 5.74) is 1.36. The third kappa shape index (κ3) is 4.74. The van der Waals surface area contributed by atoms with Crippen molar-refractivity contribution in [2.75, 3.05) is 30.5 Å². The maximum atomic E-state index is 12.7. The molecular weight excluding hydrogens is 372 g/mol. The van der Waals surface area contributed by atoms with Gasteiger partial charge in [-0.15, -0.1) is 0 Å². The van der Waals surface area contributed by atoms with Crippen molar-refractivity contribution in [3.8, 4) is 5.75 Å². The van der Waals surface area contributed by atoms with Gasteiger partial charge in [0.2, 0.25) is 11.8 Å². The van der Waals surface area contributed by atoms with E-state index < -0.39 is 11.9 Å². The van der Waals surface area contributed by atoms with Crippen LogP contribution in [-0.4, -0.2) is 38.0 Å². The first-order valence-electron chi connectivity index (χ1n) is 9.55. The fraction of sp³-hybridized carbons (Fsp3) is 0.318. The average Bonchev–Trinajstić information content (AvgIpc) is 3.14. The minimum Gasteiger partial charge on any atom is -0.494 e. The van der Waals surface area contributed by atoms with Gasteiger partial charge in [-0.25, -0.2) is 4.79 Å². The van der Waals surface area contributed by atoms with Crippen LogP contribution in [0.1, 0.15) is 30.1 Å². The molecule has 7 heteroatoms. The highest BCUT2D eigenvalue weighted by Gasteiger charge is 2.35. The van der Waals surface area contributed by atoms with E-state index in [9.17, 15) is 14.4 Å². The van der Waals surface area contributed by atoms with E-state index in [1.165, 1.54) is 7.11 Å². The van der Waals surface area contributed by atoms with Crippen LogP contribution in [0.15, 0.2) is 48.5 Å². The molecule has 3 rings (SSSR count). The predicted octanol–water partition coefficient (Wildman–Crippen LogP) is 3.25. The molecule has 2 amide bonds. The van der Waals surface area contributed by atoms with Crippen LogP contribution in [0.25, 0.3) is 0 Å². The number of carbonyl (C=O) groups is 3. The second-order valence-electron chi connectivity index (χ2n) is 6.77. The first kappa shape index (κ1) is 20.4.